The van der Waals surface area contributed by atoms with Crippen LogP contribution in [-0.4, -0.2) is 65.6 Å². The van der Waals surface area contributed by atoms with Gasteiger partial charge in [0.15, 0.2) is 5.72 Å². The van der Waals surface area contributed by atoms with E-state index in [1.165, 1.54) is 15.4 Å². The number of aliphatic hydroxyl groups is 1. The molecule has 2 aromatic carbocycles. The highest BCUT2D eigenvalue weighted by Gasteiger charge is 2.32. The van der Waals surface area contributed by atoms with Gasteiger partial charge in [0.2, 0.25) is 5.91 Å². The molecular formula is C25H32N4O4S. The molecule has 0 saturated carbocycles. The number of anilines is 1. The molecule has 3 amide bonds. The number of likely N-dealkylation sites (tertiary alicyclic amines) is 1. The smallest absolute Gasteiger partial charge is 0.317 e. The lowest BCUT2D eigenvalue weighted by Gasteiger charge is -2.32. The van der Waals surface area contributed by atoms with Gasteiger partial charge in [-0.1, -0.05) is 24.3 Å². The minimum Gasteiger partial charge on any atom is -0.486 e. The van der Waals surface area contributed by atoms with E-state index in [9.17, 15) is 14.7 Å². The van der Waals surface area contributed by atoms with Crippen LogP contribution in [0.1, 0.15) is 36.9 Å². The van der Waals surface area contributed by atoms with Crippen molar-refractivity contribution in [3.05, 3.63) is 53.6 Å². The molecule has 2 aliphatic heterocycles. The number of carbonyl (C=O) groups is 2. The van der Waals surface area contributed by atoms with E-state index in [1.54, 1.807) is 25.7 Å². The Balaban J connectivity index is 1.32. The Morgan fingerprint density at radius 2 is 2.12 bits per heavy atom. The van der Waals surface area contributed by atoms with Crippen LogP contribution in [0.25, 0.3) is 0 Å². The third-order valence-corrected chi connectivity index (χ3v) is 7.00. The molecule has 2 atom stereocenters. The average molecular weight is 485 g/mol. The third kappa shape index (κ3) is 5.42. The first-order valence-corrected chi connectivity index (χ1v) is 12.7. The molecule has 4 rings (SSSR count). The predicted molar refractivity (Wildman–Crippen MR) is 133 cm³/mol. The average Bonchev–Trinajstić information content (AvgIpc) is 3.32. The van der Waals surface area contributed by atoms with Crippen LogP contribution in [-0.2, 0) is 11.3 Å². The fourth-order valence-electron chi connectivity index (χ4n) is 4.45. The fourth-order valence-corrected chi connectivity index (χ4v) is 5.11. The van der Waals surface area contributed by atoms with Crippen LogP contribution >= 0.6 is 11.8 Å². The summed E-state index contributed by atoms with van der Waals surface area (Å²) in [5.74, 6) is 0.587. The van der Waals surface area contributed by atoms with Crippen molar-refractivity contribution in [2.45, 2.75) is 43.0 Å². The molecule has 8 nitrogen and oxygen atoms in total. The number of hydrogen-bond acceptors (Lipinski definition) is 6. The van der Waals surface area contributed by atoms with Gasteiger partial charge in [-0.15, -0.1) is 11.8 Å². The van der Waals surface area contributed by atoms with Crippen LogP contribution < -0.4 is 15.4 Å². The van der Waals surface area contributed by atoms with Crippen molar-refractivity contribution in [3.63, 3.8) is 0 Å². The first-order valence-electron chi connectivity index (χ1n) is 11.4. The van der Waals surface area contributed by atoms with E-state index in [0.717, 1.165) is 18.4 Å². The molecule has 1 saturated heterocycles. The van der Waals surface area contributed by atoms with Crippen molar-refractivity contribution in [3.8, 4) is 5.75 Å². The van der Waals surface area contributed by atoms with Gasteiger partial charge in [-0.3, -0.25) is 4.79 Å². The molecule has 2 aromatic rings. The van der Waals surface area contributed by atoms with Crippen LogP contribution in [0.15, 0.2) is 47.4 Å². The summed E-state index contributed by atoms with van der Waals surface area (Å²) in [5, 5.41) is 15.9. The van der Waals surface area contributed by atoms with Gasteiger partial charge in [-0.2, -0.15) is 0 Å². The Labute approximate surface area is 204 Å². The van der Waals surface area contributed by atoms with E-state index in [-0.39, 0.29) is 31.1 Å². The lowest BCUT2D eigenvalue weighted by Crippen LogP contribution is -2.44. The van der Waals surface area contributed by atoms with E-state index >= 15 is 0 Å². The van der Waals surface area contributed by atoms with Crippen molar-refractivity contribution in [1.82, 2.24) is 15.1 Å². The molecule has 0 spiro atoms. The number of thioether (sulfide) groups is 1. The Morgan fingerprint density at radius 3 is 2.91 bits per heavy atom. The first-order chi connectivity index (χ1) is 16.3. The first kappa shape index (κ1) is 24.2. The molecule has 2 heterocycles. The molecule has 0 bridgehead atoms. The minimum atomic E-state index is -1.11. The number of rotatable bonds is 6. The summed E-state index contributed by atoms with van der Waals surface area (Å²) in [6.45, 7) is 2.82. The topological polar surface area (TPSA) is 94.1 Å². The van der Waals surface area contributed by atoms with Crippen LogP contribution in [0.2, 0.25) is 0 Å². The van der Waals surface area contributed by atoms with Crippen molar-refractivity contribution in [2.75, 3.05) is 38.3 Å². The normalized spacial score (nSPS) is 21.3. The number of hydrogen-bond donors (Lipinski definition) is 3. The van der Waals surface area contributed by atoms with Gasteiger partial charge in [0.1, 0.15) is 18.9 Å². The number of ether oxygens (including phenoxy) is 1. The van der Waals surface area contributed by atoms with E-state index in [2.05, 4.69) is 22.8 Å². The highest BCUT2D eigenvalue weighted by Crippen LogP contribution is 2.37. The van der Waals surface area contributed by atoms with E-state index in [1.807, 2.05) is 41.5 Å². The van der Waals surface area contributed by atoms with E-state index < -0.39 is 5.72 Å². The number of fused-ring (bicyclic) bond motifs is 1. The Hall–Kier alpha value is -2.91. The quantitative estimate of drug-likeness (QED) is 0.544. The molecule has 3 N–H and O–H groups in total. The van der Waals surface area contributed by atoms with Crippen molar-refractivity contribution in [2.24, 2.45) is 0 Å². The number of likely N-dealkylation sites (N-methyl/N-ethyl adjacent to an activating group) is 1. The minimum absolute atomic E-state index is 0.0239. The Bertz CT molecular complexity index is 1060. The van der Waals surface area contributed by atoms with E-state index in [4.69, 9.17) is 4.74 Å². The molecule has 0 radical (unpaired) electrons. The number of nitrogens with one attached hydrogen (secondary N) is 2. The van der Waals surface area contributed by atoms with Gasteiger partial charge in [-0.25, -0.2) is 4.79 Å². The Kier molecular flexibility index (Phi) is 7.23. The molecule has 0 aliphatic carbocycles. The second-order valence-corrected chi connectivity index (χ2v) is 9.87. The zero-order valence-corrected chi connectivity index (χ0v) is 20.7. The molecule has 1 fully saturated rings. The summed E-state index contributed by atoms with van der Waals surface area (Å²) in [6, 6.07) is 13.5. The van der Waals surface area contributed by atoms with Gasteiger partial charge in [0.05, 0.1) is 11.7 Å². The highest BCUT2D eigenvalue weighted by atomic mass is 32.2. The van der Waals surface area contributed by atoms with Gasteiger partial charge >= 0.3 is 6.03 Å². The summed E-state index contributed by atoms with van der Waals surface area (Å²) >= 11 is 1.69. The largest absolute Gasteiger partial charge is 0.486 e. The van der Waals surface area contributed by atoms with Gasteiger partial charge < -0.3 is 30.3 Å². The molecule has 9 heteroatoms. The SMILES string of the molecule is CSc1ccccc1[C@H]1CCCN1C(=O)CN(C)C(=O)NCc1ccc2c(c1)OC[C@](C)(O)N2. The summed E-state index contributed by atoms with van der Waals surface area (Å²) in [7, 11) is 1.64. The van der Waals surface area contributed by atoms with E-state index in [0.29, 0.717) is 24.5 Å². The molecular weight excluding hydrogens is 452 g/mol. The van der Waals surface area contributed by atoms with Crippen molar-refractivity contribution >= 4 is 29.4 Å². The standard InChI is InChI=1S/C25H32N4O4S/c1-25(32)16-33-21-13-17(10-11-19(21)27-25)14-26-24(31)28(2)15-23(30)29-12-6-8-20(29)18-7-4-5-9-22(18)34-3/h4-5,7,9-11,13,20,27,32H,6,8,12,14-16H2,1-3H3,(H,26,31)/t20-,25+/m1/s1. The predicted octanol–water partition coefficient (Wildman–Crippen LogP) is 3.43. The molecule has 0 aromatic heterocycles. The van der Waals surface area contributed by atoms with Crippen LogP contribution in [0.4, 0.5) is 10.5 Å². The van der Waals surface area contributed by atoms with Crippen molar-refractivity contribution < 1.29 is 19.4 Å². The number of benzene rings is 2. The number of nitrogens with zero attached hydrogens (tertiary/aromatic N) is 2. The summed E-state index contributed by atoms with van der Waals surface area (Å²) in [4.78, 5) is 30.3. The maximum absolute atomic E-state index is 13.1. The Morgan fingerprint density at radius 1 is 1.32 bits per heavy atom. The van der Waals surface area contributed by atoms with Crippen LogP contribution in [0.5, 0.6) is 5.75 Å². The maximum Gasteiger partial charge on any atom is 0.317 e. The molecule has 34 heavy (non-hydrogen) atoms. The van der Waals surface area contributed by atoms with Gasteiger partial charge in [-0.05, 0) is 55.3 Å². The highest BCUT2D eigenvalue weighted by molar-refractivity contribution is 7.98. The maximum atomic E-state index is 13.1. The molecule has 2 aliphatic rings. The summed E-state index contributed by atoms with van der Waals surface area (Å²) < 4.78 is 5.62. The zero-order chi connectivity index (χ0) is 24.3. The third-order valence-electron chi connectivity index (χ3n) is 6.19. The fraction of sp³-hybridized carbons (Fsp3) is 0.440. The lowest BCUT2D eigenvalue weighted by molar-refractivity contribution is -0.132. The van der Waals surface area contributed by atoms with Crippen LogP contribution in [0.3, 0.4) is 0 Å². The number of urea groups is 1. The second-order valence-electron chi connectivity index (χ2n) is 9.02. The van der Waals surface area contributed by atoms with Gasteiger partial charge in [0.25, 0.3) is 0 Å². The van der Waals surface area contributed by atoms with Crippen molar-refractivity contribution in [1.29, 1.82) is 0 Å². The second kappa shape index (κ2) is 10.1. The lowest BCUT2D eigenvalue weighted by atomic mass is 10.0. The van der Waals surface area contributed by atoms with Gasteiger partial charge in [0, 0.05) is 25.0 Å². The van der Waals surface area contributed by atoms with Crippen LogP contribution in [0, 0.1) is 0 Å². The molecule has 0 unspecified atom stereocenters. The number of amides is 3. The number of carbonyl (C=O) groups excluding carboxylic acids is 2. The zero-order valence-electron chi connectivity index (χ0n) is 19.8. The summed E-state index contributed by atoms with van der Waals surface area (Å²) in [6.07, 6.45) is 3.94. The molecule has 182 valence electrons. The summed E-state index contributed by atoms with van der Waals surface area (Å²) in [5.41, 5.74) is 1.64. The monoisotopic (exact) mass is 484 g/mol.